The molecule has 2 aromatic rings. The monoisotopic (exact) mass is 347 g/mol. The van der Waals surface area contributed by atoms with Gasteiger partial charge in [0, 0.05) is 23.6 Å². The molecule has 1 aliphatic rings. The highest BCUT2D eigenvalue weighted by Gasteiger charge is 2.33. The maximum absolute atomic E-state index is 12.4. The number of carbonyl (C=O) groups excluding carboxylic acids is 1. The number of unbranched alkanes of at least 4 members (excludes halogenated alkanes) is 2. The number of likely N-dealkylation sites (tertiary alicyclic amines) is 1. The summed E-state index contributed by atoms with van der Waals surface area (Å²) in [5, 5.41) is 4.69. The van der Waals surface area contributed by atoms with E-state index in [0.29, 0.717) is 23.2 Å². The van der Waals surface area contributed by atoms with Crippen molar-refractivity contribution < 1.29 is 9.32 Å². The highest BCUT2D eigenvalue weighted by molar-refractivity contribution is 6.30. The first kappa shape index (κ1) is 17.0. The first-order valence-corrected chi connectivity index (χ1v) is 8.96. The molecule has 2 heterocycles. The largest absolute Gasteiger partial charge is 0.337 e. The van der Waals surface area contributed by atoms with Crippen molar-refractivity contribution in [3.8, 4) is 11.4 Å². The number of aromatic nitrogens is 2. The number of amides is 1. The third kappa shape index (κ3) is 3.78. The van der Waals surface area contributed by atoms with Crippen molar-refractivity contribution in [2.24, 2.45) is 0 Å². The van der Waals surface area contributed by atoms with Crippen molar-refractivity contribution >= 4 is 17.5 Å². The molecule has 0 saturated carbocycles. The summed E-state index contributed by atoms with van der Waals surface area (Å²) in [6.45, 7) is 2.91. The zero-order valence-electron chi connectivity index (χ0n) is 13.9. The zero-order chi connectivity index (χ0) is 16.9. The maximum Gasteiger partial charge on any atom is 0.249 e. The summed E-state index contributed by atoms with van der Waals surface area (Å²) in [6, 6.07) is 7.26. The van der Waals surface area contributed by atoms with E-state index in [1.807, 2.05) is 17.0 Å². The highest BCUT2D eigenvalue weighted by Crippen LogP contribution is 2.33. The maximum atomic E-state index is 12.4. The fourth-order valence-electron chi connectivity index (χ4n) is 3.11. The number of hydrogen-bond acceptors (Lipinski definition) is 4. The first-order chi connectivity index (χ1) is 11.7. The fourth-order valence-corrected chi connectivity index (χ4v) is 3.30. The minimum atomic E-state index is -0.0976. The predicted molar refractivity (Wildman–Crippen MR) is 92.6 cm³/mol. The number of halogens is 1. The van der Waals surface area contributed by atoms with Crippen LogP contribution in [0.5, 0.6) is 0 Å². The van der Waals surface area contributed by atoms with Crippen molar-refractivity contribution in [1.82, 2.24) is 15.0 Å². The first-order valence-electron chi connectivity index (χ1n) is 8.58. The topological polar surface area (TPSA) is 59.2 Å². The Labute approximate surface area is 147 Å². The number of benzene rings is 1. The summed E-state index contributed by atoms with van der Waals surface area (Å²) in [5.41, 5.74) is 0.816. The van der Waals surface area contributed by atoms with Gasteiger partial charge in [-0.1, -0.05) is 48.7 Å². The molecule has 24 heavy (non-hydrogen) atoms. The molecule has 6 heteroatoms. The average molecular weight is 348 g/mol. The van der Waals surface area contributed by atoms with E-state index in [-0.39, 0.29) is 11.9 Å². The third-order valence-corrected chi connectivity index (χ3v) is 4.61. The Hall–Kier alpha value is -1.88. The lowest BCUT2D eigenvalue weighted by Gasteiger charge is -2.21. The van der Waals surface area contributed by atoms with Crippen LogP contribution in [0.3, 0.4) is 0 Å². The van der Waals surface area contributed by atoms with Gasteiger partial charge in [0.15, 0.2) is 0 Å². The lowest BCUT2D eigenvalue weighted by molar-refractivity contribution is -0.132. The van der Waals surface area contributed by atoms with Crippen molar-refractivity contribution in [2.45, 2.75) is 51.5 Å². The van der Waals surface area contributed by atoms with Crippen molar-refractivity contribution in [1.29, 1.82) is 0 Å². The van der Waals surface area contributed by atoms with Gasteiger partial charge in [-0.05, 0) is 31.4 Å². The smallest absolute Gasteiger partial charge is 0.249 e. The molecule has 1 atom stereocenters. The van der Waals surface area contributed by atoms with Gasteiger partial charge >= 0.3 is 0 Å². The molecule has 0 spiro atoms. The molecular weight excluding hydrogens is 326 g/mol. The van der Waals surface area contributed by atoms with Crippen LogP contribution in [0.25, 0.3) is 11.4 Å². The van der Waals surface area contributed by atoms with E-state index in [4.69, 9.17) is 16.1 Å². The average Bonchev–Trinajstić information content (AvgIpc) is 3.24. The molecule has 128 valence electrons. The van der Waals surface area contributed by atoms with Gasteiger partial charge in [0.25, 0.3) is 0 Å². The normalized spacial score (nSPS) is 17.4. The summed E-state index contributed by atoms with van der Waals surface area (Å²) in [7, 11) is 0. The molecule has 1 amide bonds. The number of carbonyl (C=O) groups is 1. The van der Waals surface area contributed by atoms with Gasteiger partial charge < -0.3 is 9.42 Å². The van der Waals surface area contributed by atoms with E-state index in [2.05, 4.69) is 17.1 Å². The van der Waals surface area contributed by atoms with Crippen LogP contribution in [0.4, 0.5) is 0 Å². The van der Waals surface area contributed by atoms with E-state index in [9.17, 15) is 4.79 Å². The molecule has 1 saturated heterocycles. The second-order valence-corrected chi connectivity index (χ2v) is 6.61. The van der Waals surface area contributed by atoms with Crippen LogP contribution >= 0.6 is 11.6 Å². The van der Waals surface area contributed by atoms with Gasteiger partial charge in [-0.15, -0.1) is 0 Å². The third-order valence-electron chi connectivity index (χ3n) is 4.38. The predicted octanol–water partition coefficient (Wildman–Crippen LogP) is 4.63. The second kappa shape index (κ2) is 7.79. The fraction of sp³-hybridized carbons (Fsp3) is 0.500. The molecule has 0 aliphatic carbocycles. The summed E-state index contributed by atoms with van der Waals surface area (Å²) in [4.78, 5) is 18.8. The lowest BCUT2D eigenvalue weighted by Crippen LogP contribution is -2.30. The van der Waals surface area contributed by atoms with E-state index >= 15 is 0 Å². The number of hydrogen-bond donors (Lipinski definition) is 0. The van der Waals surface area contributed by atoms with Gasteiger partial charge in [0.05, 0.1) is 0 Å². The molecule has 0 N–H and O–H groups in total. The Bertz CT molecular complexity index is 701. The Balaban J connectivity index is 1.72. The summed E-state index contributed by atoms with van der Waals surface area (Å²) in [5.74, 6) is 1.22. The van der Waals surface area contributed by atoms with Crippen LogP contribution < -0.4 is 0 Å². The highest BCUT2D eigenvalue weighted by atomic mass is 35.5. The van der Waals surface area contributed by atoms with Crippen LogP contribution in [0.1, 0.15) is 57.4 Å². The molecule has 0 radical (unpaired) electrons. The molecular formula is C18H22ClN3O2. The minimum absolute atomic E-state index is 0.0976. The quantitative estimate of drug-likeness (QED) is 0.714. The molecule has 1 aromatic heterocycles. The lowest BCUT2D eigenvalue weighted by atomic mass is 10.1. The molecule has 1 aromatic carbocycles. The Morgan fingerprint density at radius 1 is 1.42 bits per heavy atom. The molecule has 5 nitrogen and oxygen atoms in total. The molecule has 0 bridgehead atoms. The Morgan fingerprint density at radius 2 is 2.29 bits per heavy atom. The zero-order valence-corrected chi connectivity index (χ0v) is 14.6. The van der Waals surface area contributed by atoms with Crippen molar-refractivity contribution in [2.75, 3.05) is 6.54 Å². The van der Waals surface area contributed by atoms with Crippen LogP contribution in [-0.4, -0.2) is 27.5 Å². The number of rotatable bonds is 6. The number of nitrogens with zero attached hydrogens (tertiary/aromatic N) is 3. The molecule has 0 unspecified atom stereocenters. The molecule has 3 rings (SSSR count). The SMILES string of the molecule is CCCCCC(=O)N1CCC[C@H]1c1nc(-c2cccc(Cl)c2)no1. The van der Waals surface area contributed by atoms with Crippen LogP contribution in [0, 0.1) is 0 Å². The Morgan fingerprint density at radius 3 is 3.08 bits per heavy atom. The van der Waals surface area contributed by atoms with E-state index < -0.39 is 0 Å². The summed E-state index contributed by atoms with van der Waals surface area (Å²) >= 11 is 6.01. The molecule has 1 aliphatic heterocycles. The second-order valence-electron chi connectivity index (χ2n) is 6.17. The van der Waals surface area contributed by atoms with Crippen LogP contribution in [0.15, 0.2) is 28.8 Å². The minimum Gasteiger partial charge on any atom is -0.337 e. The van der Waals surface area contributed by atoms with E-state index in [1.165, 1.54) is 0 Å². The summed E-state index contributed by atoms with van der Waals surface area (Å²) < 4.78 is 5.45. The van der Waals surface area contributed by atoms with Crippen LogP contribution in [-0.2, 0) is 4.79 Å². The van der Waals surface area contributed by atoms with E-state index in [0.717, 1.165) is 44.2 Å². The summed E-state index contributed by atoms with van der Waals surface area (Å²) in [6.07, 6.45) is 5.58. The van der Waals surface area contributed by atoms with Gasteiger partial charge in [-0.2, -0.15) is 4.98 Å². The Kier molecular flexibility index (Phi) is 5.51. The van der Waals surface area contributed by atoms with Gasteiger partial charge in [-0.3, -0.25) is 4.79 Å². The van der Waals surface area contributed by atoms with Crippen LogP contribution in [0.2, 0.25) is 5.02 Å². The van der Waals surface area contributed by atoms with Crippen molar-refractivity contribution in [3.63, 3.8) is 0 Å². The molecule has 1 fully saturated rings. The van der Waals surface area contributed by atoms with Gasteiger partial charge in [0.1, 0.15) is 6.04 Å². The van der Waals surface area contributed by atoms with Gasteiger partial charge in [0.2, 0.25) is 17.6 Å². The van der Waals surface area contributed by atoms with Gasteiger partial charge in [-0.25, -0.2) is 0 Å². The van der Waals surface area contributed by atoms with E-state index in [1.54, 1.807) is 12.1 Å². The van der Waals surface area contributed by atoms with Crippen molar-refractivity contribution in [3.05, 3.63) is 35.2 Å². The standard InChI is InChI=1S/C18H22ClN3O2/c1-2-3-4-10-16(23)22-11-6-9-15(22)18-20-17(21-24-18)13-7-5-8-14(19)12-13/h5,7-8,12,15H,2-4,6,9-11H2,1H3/t15-/m0/s1.